The van der Waals surface area contributed by atoms with Gasteiger partial charge in [0.25, 0.3) is 15.8 Å². The first-order valence-electron chi connectivity index (χ1n) is 8.06. The van der Waals surface area contributed by atoms with Crippen molar-refractivity contribution in [1.29, 1.82) is 0 Å². The molecule has 1 atom stereocenters. The zero-order chi connectivity index (χ0) is 21.1. The zero-order valence-corrected chi connectivity index (χ0v) is 15.7. The number of rotatable bonds is 3. The van der Waals surface area contributed by atoms with Gasteiger partial charge in [-0.2, -0.15) is 13.2 Å². The highest BCUT2D eigenvalue weighted by Gasteiger charge is 2.55. The molecule has 1 aliphatic carbocycles. The van der Waals surface area contributed by atoms with Crippen molar-refractivity contribution in [3.05, 3.63) is 23.3 Å². The topological polar surface area (TPSA) is 97.7 Å². The Morgan fingerprint density at radius 2 is 1.71 bits per heavy atom. The van der Waals surface area contributed by atoms with Crippen LogP contribution in [0.4, 0.5) is 22.0 Å². The summed E-state index contributed by atoms with van der Waals surface area (Å²) in [5.74, 6) is -4.57. The molecule has 1 aromatic rings. The number of halogens is 5. The molecule has 1 aliphatic heterocycles. The molecule has 28 heavy (non-hydrogen) atoms. The van der Waals surface area contributed by atoms with Gasteiger partial charge in [0.15, 0.2) is 9.84 Å². The number of aliphatic hydroxyl groups excluding tert-OH is 1. The van der Waals surface area contributed by atoms with Crippen LogP contribution < -0.4 is 4.74 Å². The summed E-state index contributed by atoms with van der Waals surface area (Å²) in [6, 6.07) is 1.30. The molecule has 3 rings (SSSR count). The molecule has 1 heterocycles. The highest BCUT2D eigenvalue weighted by molar-refractivity contribution is 7.92. The van der Waals surface area contributed by atoms with Crippen LogP contribution >= 0.6 is 0 Å². The molecular weight excluding hydrogens is 435 g/mol. The van der Waals surface area contributed by atoms with E-state index in [1.54, 1.807) is 0 Å². The summed E-state index contributed by atoms with van der Waals surface area (Å²) in [7, 11) is -9.21. The van der Waals surface area contributed by atoms with Crippen molar-refractivity contribution in [3.63, 3.8) is 0 Å². The Hall–Kier alpha value is -1.47. The van der Waals surface area contributed by atoms with Crippen molar-refractivity contribution < 1.29 is 48.6 Å². The summed E-state index contributed by atoms with van der Waals surface area (Å²) < 4.78 is 119. The predicted octanol–water partition coefficient (Wildman–Crippen LogP) is 2.16. The van der Waals surface area contributed by atoms with E-state index in [4.69, 9.17) is 4.74 Å². The van der Waals surface area contributed by atoms with Gasteiger partial charge in [0.1, 0.15) is 18.0 Å². The lowest BCUT2D eigenvalue weighted by Crippen LogP contribution is -2.31. The molecule has 1 aromatic carbocycles. The molecule has 0 aromatic heterocycles. The maximum Gasteiger partial charge on any atom is 0.501 e. The van der Waals surface area contributed by atoms with Crippen molar-refractivity contribution >= 4 is 19.7 Å². The van der Waals surface area contributed by atoms with Gasteiger partial charge < -0.3 is 9.84 Å². The third-order valence-corrected chi connectivity index (χ3v) is 8.01. The summed E-state index contributed by atoms with van der Waals surface area (Å²) in [5, 5.41) is 9.80. The van der Waals surface area contributed by atoms with E-state index in [-0.39, 0.29) is 30.1 Å². The third-order valence-electron chi connectivity index (χ3n) is 4.75. The Balaban J connectivity index is 2.05. The normalized spacial score (nSPS) is 24.7. The maximum absolute atomic E-state index is 14.0. The van der Waals surface area contributed by atoms with E-state index in [0.717, 1.165) is 6.07 Å². The lowest BCUT2D eigenvalue weighted by atomic mass is 10.1. The van der Waals surface area contributed by atoms with E-state index in [0.29, 0.717) is 6.07 Å². The number of benzene rings is 1. The molecule has 2 aliphatic rings. The molecule has 0 bridgehead atoms. The molecule has 0 radical (unpaired) electrons. The molecule has 1 N–H and O–H groups in total. The fourth-order valence-corrected chi connectivity index (χ4v) is 5.75. The SMILES string of the molecule is O=S1(=O)CCC(Oc2ccc(S(=O)(=O)C(F)(F)F)c3c2CC(F)(F)[C@H]3O)CC1. The summed E-state index contributed by atoms with van der Waals surface area (Å²) in [6.45, 7) is 0. The highest BCUT2D eigenvalue weighted by atomic mass is 32.2. The van der Waals surface area contributed by atoms with Gasteiger partial charge in [0, 0.05) is 17.5 Å². The Kier molecular flexibility index (Phi) is 4.95. The minimum absolute atomic E-state index is 0.0542. The van der Waals surface area contributed by atoms with E-state index in [1.807, 2.05) is 0 Å². The Bertz CT molecular complexity index is 986. The summed E-state index contributed by atoms with van der Waals surface area (Å²) in [6.07, 6.45) is -4.53. The number of fused-ring (bicyclic) bond motifs is 1. The number of hydrogen-bond acceptors (Lipinski definition) is 6. The first kappa shape index (κ1) is 21.2. The van der Waals surface area contributed by atoms with Crippen LogP contribution in [0.5, 0.6) is 5.75 Å². The van der Waals surface area contributed by atoms with Crippen LogP contribution in [-0.2, 0) is 26.1 Å². The Morgan fingerprint density at radius 1 is 1.14 bits per heavy atom. The van der Waals surface area contributed by atoms with Gasteiger partial charge >= 0.3 is 5.51 Å². The van der Waals surface area contributed by atoms with Crippen molar-refractivity contribution in [2.75, 3.05) is 11.5 Å². The number of alkyl halides is 5. The van der Waals surface area contributed by atoms with E-state index >= 15 is 0 Å². The van der Waals surface area contributed by atoms with Crippen LogP contribution in [0, 0.1) is 0 Å². The average molecular weight is 450 g/mol. The monoisotopic (exact) mass is 450 g/mol. The summed E-state index contributed by atoms with van der Waals surface area (Å²) in [4.78, 5) is -1.45. The van der Waals surface area contributed by atoms with Crippen LogP contribution in [0.1, 0.15) is 30.1 Å². The molecule has 0 spiro atoms. The van der Waals surface area contributed by atoms with Crippen LogP contribution in [0.2, 0.25) is 0 Å². The van der Waals surface area contributed by atoms with Crippen LogP contribution in [0.15, 0.2) is 17.0 Å². The first-order chi connectivity index (χ1) is 12.7. The number of sulfone groups is 2. The molecule has 1 fully saturated rings. The Morgan fingerprint density at radius 3 is 2.25 bits per heavy atom. The molecule has 158 valence electrons. The molecule has 0 saturated carbocycles. The van der Waals surface area contributed by atoms with Gasteiger partial charge in [-0.3, -0.25) is 0 Å². The smallest absolute Gasteiger partial charge is 0.490 e. The van der Waals surface area contributed by atoms with Crippen LogP contribution in [0.3, 0.4) is 0 Å². The second-order valence-corrected chi connectivity index (χ2v) is 10.9. The van der Waals surface area contributed by atoms with Crippen molar-refractivity contribution in [3.8, 4) is 5.75 Å². The van der Waals surface area contributed by atoms with Gasteiger partial charge in [0.05, 0.1) is 16.4 Å². The fraction of sp³-hybridized carbons (Fsp3) is 0.600. The Labute approximate surface area is 157 Å². The molecule has 6 nitrogen and oxygen atoms in total. The lowest BCUT2D eigenvalue weighted by molar-refractivity contribution is -0.0978. The zero-order valence-electron chi connectivity index (χ0n) is 14.0. The minimum atomic E-state index is -5.98. The van der Waals surface area contributed by atoms with E-state index in [2.05, 4.69) is 0 Å². The predicted molar refractivity (Wildman–Crippen MR) is 85.6 cm³/mol. The van der Waals surface area contributed by atoms with Gasteiger partial charge in [0.2, 0.25) is 0 Å². The quantitative estimate of drug-likeness (QED) is 0.709. The standard InChI is InChI=1S/C15H15F5O6S2/c16-14(17)7-9-10(26-8-3-5-27(22,23)6-4-8)1-2-11(12(9)13(14)21)28(24,25)15(18,19)20/h1-2,8,13,21H,3-7H2/t13-/m0/s1. The summed E-state index contributed by atoms with van der Waals surface area (Å²) >= 11 is 0. The molecule has 0 amide bonds. The maximum atomic E-state index is 14.0. The van der Waals surface area contributed by atoms with Crippen molar-refractivity contribution in [1.82, 2.24) is 0 Å². The number of hydrogen-bond donors (Lipinski definition) is 1. The van der Waals surface area contributed by atoms with E-state index in [1.165, 1.54) is 0 Å². The average Bonchev–Trinajstić information content (AvgIpc) is 2.79. The largest absolute Gasteiger partial charge is 0.501 e. The second-order valence-electron chi connectivity index (χ2n) is 6.71. The van der Waals surface area contributed by atoms with Crippen LogP contribution in [0.25, 0.3) is 0 Å². The molecule has 0 unspecified atom stereocenters. The third kappa shape index (κ3) is 3.59. The van der Waals surface area contributed by atoms with E-state index < -0.39 is 65.8 Å². The lowest BCUT2D eigenvalue weighted by Gasteiger charge is -2.25. The van der Waals surface area contributed by atoms with Crippen LogP contribution in [-0.4, -0.2) is 51.0 Å². The van der Waals surface area contributed by atoms with Crippen molar-refractivity contribution in [2.45, 2.75) is 47.8 Å². The number of ether oxygens (including phenoxy) is 1. The molecular formula is C15H15F5O6S2. The fourth-order valence-electron chi connectivity index (χ4n) is 3.28. The number of aliphatic hydroxyl groups is 1. The molecule has 1 saturated heterocycles. The van der Waals surface area contributed by atoms with Gasteiger partial charge in [-0.25, -0.2) is 25.6 Å². The first-order valence-corrected chi connectivity index (χ1v) is 11.4. The second kappa shape index (κ2) is 6.52. The summed E-state index contributed by atoms with van der Waals surface area (Å²) in [5.41, 5.74) is -7.31. The van der Waals surface area contributed by atoms with Gasteiger partial charge in [-0.15, -0.1) is 0 Å². The highest BCUT2D eigenvalue weighted by Crippen LogP contribution is 2.50. The van der Waals surface area contributed by atoms with Gasteiger partial charge in [-0.05, 0) is 25.0 Å². The minimum Gasteiger partial charge on any atom is -0.490 e. The van der Waals surface area contributed by atoms with E-state index in [9.17, 15) is 43.9 Å². The molecule has 13 heteroatoms. The van der Waals surface area contributed by atoms with Gasteiger partial charge in [-0.1, -0.05) is 0 Å². The van der Waals surface area contributed by atoms with Crippen molar-refractivity contribution in [2.24, 2.45) is 0 Å².